The molecule has 0 bridgehead atoms. The van der Waals surface area contributed by atoms with E-state index < -0.39 is 17.4 Å². The number of benzene rings is 1. The van der Waals surface area contributed by atoms with E-state index in [9.17, 15) is 9.18 Å². The van der Waals surface area contributed by atoms with Crippen molar-refractivity contribution in [1.29, 1.82) is 0 Å². The zero-order valence-electron chi connectivity index (χ0n) is 11.0. The second kappa shape index (κ2) is 4.59. The highest BCUT2D eigenvalue weighted by atomic mass is 19.1. The summed E-state index contributed by atoms with van der Waals surface area (Å²) in [6.07, 6.45) is 1.74. The van der Waals surface area contributed by atoms with Crippen molar-refractivity contribution in [2.24, 2.45) is 0 Å². The molecule has 0 saturated heterocycles. The molecule has 1 N–H and O–H groups in total. The number of esters is 1. The van der Waals surface area contributed by atoms with E-state index in [4.69, 9.17) is 4.74 Å². The van der Waals surface area contributed by atoms with Crippen LogP contribution >= 0.6 is 0 Å². The van der Waals surface area contributed by atoms with Gasteiger partial charge in [0.25, 0.3) is 0 Å². The van der Waals surface area contributed by atoms with Gasteiger partial charge in [-0.05, 0) is 51.3 Å². The number of carbonyl (C=O) groups is 1. The lowest BCUT2D eigenvalue weighted by Crippen LogP contribution is -2.25. The van der Waals surface area contributed by atoms with Gasteiger partial charge in [0.2, 0.25) is 0 Å². The first-order valence-corrected chi connectivity index (χ1v) is 6.16. The number of carbonyl (C=O) groups excluding carboxylic acids is 1. The summed E-state index contributed by atoms with van der Waals surface area (Å²) in [6, 6.07) is 2.72. The van der Waals surface area contributed by atoms with Crippen LogP contribution in [0.4, 0.5) is 10.1 Å². The summed E-state index contributed by atoms with van der Waals surface area (Å²) in [7, 11) is 0. The number of hydrogen-bond acceptors (Lipinski definition) is 3. The normalized spacial score (nSPS) is 14.7. The number of rotatable bonds is 1. The molecule has 1 aliphatic rings. The average Bonchev–Trinajstić information content (AvgIpc) is 2.25. The second-order valence-corrected chi connectivity index (χ2v) is 5.52. The fraction of sp³-hybridized carbons (Fsp3) is 0.500. The number of aryl methyl sites for hydroxylation is 1. The number of hydrogen-bond donors (Lipinski definition) is 1. The Morgan fingerprint density at radius 3 is 2.78 bits per heavy atom. The summed E-state index contributed by atoms with van der Waals surface area (Å²) in [4.78, 5) is 12.1. The molecule has 1 aliphatic heterocycles. The van der Waals surface area contributed by atoms with E-state index in [0.29, 0.717) is 5.56 Å². The molecule has 0 aromatic heterocycles. The predicted molar refractivity (Wildman–Crippen MR) is 68.4 cm³/mol. The minimum Gasteiger partial charge on any atom is -0.456 e. The SMILES string of the molecule is CC(C)(C)OC(=O)c1cc(F)cc2c1NCCC2. The Kier molecular flexibility index (Phi) is 3.28. The molecule has 4 heteroatoms. The molecule has 2 rings (SSSR count). The van der Waals surface area contributed by atoms with E-state index in [1.54, 1.807) is 20.8 Å². The van der Waals surface area contributed by atoms with Gasteiger partial charge < -0.3 is 10.1 Å². The minimum absolute atomic E-state index is 0.291. The standard InChI is InChI=1S/C14H18FNO2/c1-14(2,3)18-13(17)11-8-10(15)7-9-5-4-6-16-12(9)11/h7-8,16H,4-6H2,1-3H3. The van der Waals surface area contributed by atoms with Crippen molar-refractivity contribution >= 4 is 11.7 Å². The molecule has 1 aromatic carbocycles. The van der Waals surface area contributed by atoms with E-state index in [1.165, 1.54) is 12.1 Å². The molecular formula is C14H18FNO2. The molecule has 0 atom stereocenters. The monoisotopic (exact) mass is 251 g/mol. The Morgan fingerprint density at radius 1 is 1.39 bits per heavy atom. The quantitative estimate of drug-likeness (QED) is 0.779. The van der Waals surface area contributed by atoms with Gasteiger partial charge in [-0.3, -0.25) is 0 Å². The summed E-state index contributed by atoms with van der Waals surface area (Å²) >= 11 is 0. The van der Waals surface area contributed by atoms with Crippen LogP contribution in [0.5, 0.6) is 0 Å². The summed E-state index contributed by atoms with van der Waals surface area (Å²) in [6.45, 7) is 6.19. The van der Waals surface area contributed by atoms with Crippen LogP contribution in [0.15, 0.2) is 12.1 Å². The predicted octanol–water partition coefficient (Wildman–Crippen LogP) is 3.14. The van der Waals surface area contributed by atoms with Gasteiger partial charge in [-0.2, -0.15) is 0 Å². The maximum Gasteiger partial charge on any atom is 0.340 e. The van der Waals surface area contributed by atoms with Crippen LogP contribution in [0.25, 0.3) is 0 Å². The molecule has 0 radical (unpaired) electrons. The summed E-state index contributed by atoms with van der Waals surface area (Å²) in [5.74, 6) is -0.869. The van der Waals surface area contributed by atoms with E-state index >= 15 is 0 Å². The molecule has 18 heavy (non-hydrogen) atoms. The van der Waals surface area contributed by atoms with Crippen molar-refractivity contribution in [3.63, 3.8) is 0 Å². The van der Waals surface area contributed by atoms with E-state index in [1.807, 2.05) is 0 Å². The lowest BCUT2D eigenvalue weighted by atomic mass is 9.99. The van der Waals surface area contributed by atoms with Gasteiger partial charge >= 0.3 is 5.97 Å². The van der Waals surface area contributed by atoms with Crippen LogP contribution in [0.1, 0.15) is 43.1 Å². The molecule has 1 heterocycles. The van der Waals surface area contributed by atoms with Crippen molar-refractivity contribution in [3.8, 4) is 0 Å². The Balaban J connectivity index is 2.38. The number of nitrogens with one attached hydrogen (secondary N) is 1. The van der Waals surface area contributed by atoms with Gasteiger partial charge in [0, 0.05) is 6.54 Å². The molecular weight excluding hydrogens is 233 g/mol. The van der Waals surface area contributed by atoms with Crippen molar-refractivity contribution in [2.45, 2.75) is 39.2 Å². The van der Waals surface area contributed by atoms with Gasteiger partial charge in [-0.1, -0.05) is 0 Å². The third-order valence-electron chi connectivity index (χ3n) is 2.73. The number of anilines is 1. The largest absolute Gasteiger partial charge is 0.456 e. The Hall–Kier alpha value is -1.58. The highest BCUT2D eigenvalue weighted by Gasteiger charge is 2.24. The lowest BCUT2D eigenvalue weighted by Gasteiger charge is -2.24. The smallest absolute Gasteiger partial charge is 0.340 e. The van der Waals surface area contributed by atoms with Gasteiger partial charge in [-0.15, -0.1) is 0 Å². The van der Waals surface area contributed by atoms with Crippen LogP contribution in [0.2, 0.25) is 0 Å². The fourth-order valence-corrected chi connectivity index (χ4v) is 2.06. The highest BCUT2D eigenvalue weighted by Crippen LogP contribution is 2.29. The molecule has 1 aromatic rings. The van der Waals surface area contributed by atoms with Crippen LogP contribution in [-0.2, 0) is 11.2 Å². The minimum atomic E-state index is -0.578. The van der Waals surface area contributed by atoms with Gasteiger partial charge in [0.15, 0.2) is 0 Å². The molecule has 0 unspecified atom stereocenters. The van der Waals surface area contributed by atoms with Crippen molar-refractivity contribution < 1.29 is 13.9 Å². The van der Waals surface area contributed by atoms with Crippen LogP contribution in [0.3, 0.4) is 0 Å². The first-order chi connectivity index (χ1) is 8.37. The van der Waals surface area contributed by atoms with E-state index in [0.717, 1.165) is 30.6 Å². The van der Waals surface area contributed by atoms with Crippen molar-refractivity contribution in [1.82, 2.24) is 0 Å². The van der Waals surface area contributed by atoms with Crippen LogP contribution in [-0.4, -0.2) is 18.1 Å². The first-order valence-electron chi connectivity index (χ1n) is 6.16. The molecule has 98 valence electrons. The average molecular weight is 251 g/mol. The molecule has 0 aliphatic carbocycles. The zero-order valence-corrected chi connectivity index (χ0v) is 11.0. The number of ether oxygens (including phenoxy) is 1. The van der Waals surface area contributed by atoms with Crippen LogP contribution in [0, 0.1) is 5.82 Å². The molecule has 3 nitrogen and oxygen atoms in total. The molecule has 0 amide bonds. The highest BCUT2D eigenvalue weighted by molar-refractivity contribution is 5.97. The molecule has 0 spiro atoms. The third-order valence-corrected chi connectivity index (χ3v) is 2.73. The Morgan fingerprint density at radius 2 is 2.11 bits per heavy atom. The second-order valence-electron chi connectivity index (χ2n) is 5.52. The maximum atomic E-state index is 13.5. The zero-order chi connectivity index (χ0) is 13.3. The number of halogens is 1. The van der Waals surface area contributed by atoms with Crippen molar-refractivity contribution in [3.05, 3.63) is 29.1 Å². The summed E-state index contributed by atoms with van der Waals surface area (Å²) in [5, 5.41) is 3.16. The summed E-state index contributed by atoms with van der Waals surface area (Å²) < 4.78 is 18.8. The van der Waals surface area contributed by atoms with Crippen molar-refractivity contribution in [2.75, 3.05) is 11.9 Å². The summed E-state index contributed by atoms with van der Waals surface area (Å²) in [5.41, 5.74) is 1.28. The van der Waals surface area contributed by atoms with Gasteiger partial charge in [-0.25, -0.2) is 9.18 Å². The Bertz CT molecular complexity index is 477. The first kappa shape index (κ1) is 12.9. The number of fused-ring (bicyclic) bond motifs is 1. The maximum absolute atomic E-state index is 13.5. The van der Waals surface area contributed by atoms with Gasteiger partial charge in [0.1, 0.15) is 11.4 Å². The topological polar surface area (TPSA) is 38.3 Å². The van der Waals surface area contributed by atoms with E-state index in [2.05, 4.69) is 5.32 Å². The fourth-order valence-electron chi connectivity index (χ4n) is 2.06. The lowest BCUT2D eigenvalue weighted by molar-refractivity contribution is 0.00700. The van der Waals surface area contributed by atoms with E-state index in [-0.39, 0.29) is 0 Å². The Labute approximate surface area is 106 Å². The molecule has 0 fully saturated rings. The molecule has 0 saturated carbocycles. The third kappa shape index (κ3) is 2.81. The van der Waals surface area contributed by atoms with Crippen LogP contribution < -0.4 is 5.32 Å². The van der Waals surface area contributed by atoms with Gasteiger partial charge in [0.05, 0.1) is 11.3 Å².